The van der Waals surface area contributed by atoms with E-state index in [1.165, 1.54) is 13.2 Å². The Kier molecular flexibility index (Phi) is 6.09. The lowest BCUT2D eigenvalue weighted by Crippen LogP contribution is -2.36. The number of methoxy groups -OCH3 is 1. The summed E-state index contributed by atoms with van der Waals surface area (Å²) in [6.45, 7) is 6.94. The van der Waals surface area contributed by atoms with Crippen LogP contribution in [0.4, 0.5) is 4.39 Å². The summed E-state index contributed by atoms with van der Waals surface area (Å²) in [5, 5.41) is 3.38. The van der Waals surface area contributed by atoms with Crippen LogP contribution in [0.25, 0.3) is 0 Å². The zero-order valence-corrected chi connectivity index (χ0v) is 11.7. The second-order valence-corrected chi connectivity index (χ2v) is 4.61. The lowest BCUT2D eigenvalue weighted by Gasteiger charge is -2.20. The Labute approximate surface area is 109 Å². The van der Waals surface area contributed by atoms with Crippen LogP contribution in [0.15, 0.2) is 18.2 Å². The molecule has 0 aliphatic heterocycles. The van der Waals surface area contributed by atoms with E-state index in [4.69, 9.17) is 4.74 Å². The van der Waals surface area contributed by atoms with Gasteiger partial charge in [-0.15, -0.1) is 0 Å². The van der Waals surface area contributed by atoms with Crippen LogP contribution in [0.2, 0.25) is 0 Å². The van der Waals surface area contributed by atoms with E-state index in [1.807, 2.05) is 6.07 Å². The van der Waals surface area contributed by atoms with Crippen LogP contribution in [0.1, 0.15) is 19.4 Å². The smallest absolute Gasteiger partial charge is 0.165 e. The molecule has 0 saturated carbocycles. The number of hydrogen-bond donors (Lipinski definition) is 1. The maximum Gasteiger partial charge on any atom is 0.165 e. The molecule has 0 aliphatic carbocycles. The van der Waals surface area contributed by atoms with Gasteiger partial charge in [0.15, 0.2) is 11.6 Å². The van der Waals surface area contributed by atoms with Crippen molar-refractivity contribution in [3.05, 3.63) is 29.6 Å². The predicted molar refractivity (Wildman–Crippen MR) is 72.4 cm³/mol. The summed E-state index contributed by atoms with van der Waals surface area (Å²) in [4.78, 5) is 2.24. The first-order valence-corrected chi connectivity index (χ1v) is 6.31. The van der Waals surface area contributed by atoms with Crippen LogP contribution in [-0.4, -0.2) is 38.2 Å². The summed E-state index contributed by atoms with van der Waals surface area (Å²) in [7, 11) is 3.56. The Bertz CT molecular complexity index is 371. The minimum atomic E-state index is -0.310. The lowest BCUT2D eigenvalue weighted by atomic mass is 10.2. The number of nitrogens with zero attached hydrogens (tertiary/aromatic N) is 1. The molecule has 0 amide bonds. The monoisotopic (exact) mass is 254 g/mol. The molecule has 1 aromatic carbocycles. The summed E-state index contributed by atoms with van der Waals surface area (Å²) in [5.41, 5.74) is 0.930. The van der Waals surface area contributed by atoms with Gasteiger partial charge in [-0.2, -0.15) is 0 Å². The standard InChI is InChI=1S/C14H23FN2O/c1-5-17(3)10-11(2)16-9-12-6-7-14(18-4)13(15)8-12/h6-8,11,16H,5,9-10H2,1-4H3. The molecule has 0 radical (unpaired) electrons. The molecule has 1 N–H and O–H groups in total. The average molecular weight is 254 g/mol. The third-order valence-electron chi connectivity index (χ3n) is 3.00. The van der Waals surface area contributed by atoms with Crippen LogP contribution in [-0.2, 0) is 6.54 Å². The van der Waals surface area contributed by atoms with Crippen molar-refractivity contribution in [1.29, 1.82) is 0 Å². The van der Waals surface area contributed by atoms with Crippen molar-refractivity contribution in [2.45, 2.75) is 26.4 Å². The Hall–Kier alpha value is -1.13. The number of hydrogen-bond acceptors (Lipinski definition) is 3. The minimum Gasteiger partial charge on any atom is -0.494 e. The first-order chi connectivity index (χ1) is 8.56. The molecule has 0 spiro atoms. The first kappa shape index (κ1) is 14.9. The molecule has 0 bridgehead atoms. The van der Waals surface area contributed by atoms with E-state index in [0.29, 0.717) is 12.6 Å². The van der Waals surface area contributed by atoms with Crippen LogP contribution in [0, 0.1) is 5.82 Å². The van der Waals surface area contributed by atoms with E-state index in [1.54, 1.807) is 6.07 Å². The summed E-state index contributed by atoms with van der Waals surface area (Å²) in [6, 6.07) is 5.43. The minimum absolute atomic E-state index is 0.289. The second-order valence-electron chi connectivity index (χ2n) is 4.61. The molecule has 1 atom stereocenters. The van der Waals surface area contributed by atoms with Crippen molar-refractivity contribution < 1.29 is 9.13 Å². The highest BCUT2D eigenvalue weighted by Gasteiger charge is 2.06. The SMILES string of the molecule is CCN(C)CC(C)NCc1ccc(OC)c(F)c1. The summed E-state index contributed by atoms with van der Waals surface area (Å²) in [5.74, 6) is -0.0207. The van der Waals surface area contributed by atoms with E-state index in [9.17, 15) is 4.39 Å². The van der Waals surface area contributed by atoms with Gasteiger partial charge in [0.1, 0.15) is 0 Å². The molecule has 0 fully saturated rings. The Morgan fingerprint density at radius 1 is 1.44 bits per heavy atom. The van der Waals surface area contributed by atoms with Crippen molar-refractivity contribution in [3.8, 4) is 5.75 Å². The van der Waals surface area contributed by atoms with Crippen LogP contribution in [0.5, 0.6) is 5.75 Å². The quantitative estimate of drug-likeness (QED) is 0.808. The summed E-state index contributed by atoms with van der Waals surface area (Å²) >= 11 is 0. The van der Waals surface area contributed by atoms with Gasteiger partial charge in [0.05, 0.1) is 7.11 Å². The molecule has 102 valence electrons. The van der Waals surface area contributed by atoms with E-state index < -0.39 is 0 Å². The molecule has 1 aromatic rings. The third-order valence-corrected chi connectivity index (χ3v) is 3.00. The maximum absolute atomic E-state index is 13.5. The predicted octanol–water partition coefficient (Wildman–Crippen LogP) is 2.26. The largest absolute Gasteiger partial charge is 0.494 e. The van der Waals surface area contributed by atoms with Gasteiger partial charge in [0.2, 0.25) is 0 Å². The highest BCUT2D eigenvalue weighted by molar-refractivity contribution is 5.29. The number of halogens is 1. The van der Waals surface area contributed by atoms with Crippen LogP contribution in [0.3, 0.4) is 0 Å². The molecule has 1 unspecified atom stereocenters. The molecule has 3 nitrogen and oxygen atoms in total. The van der Waals surface area contributed by atoms with Gasteiger partial charge >= 0.3 is 0 Å². The van der Waals surface area contributed by atoms with Gasteiger partial charge in [-0.25, -0.2) is 4.39 Å². The third kappa shape index (κ3) is 4.63. The van der Waals surface area contributed by atoms with Gasteiger partial charge in [-0.1, -0.05) is 13.0 Å². The fraction of sp³-hybridized carbons (Fsp3) is 0.571. The van der Waals surface area contributed by atoms with E-state index in [0.717, 1.165) is 18.7 Å². The first-order valence-electron chi connectivity index (χ1n) is 6.31. The highest BCUT2D eigenvalue weighted by Crippen LogP contribution is 2.17. The fourth-order valence-corrected chi connectivity index (χ4v) is 1.77. The molecular weight excluding hydrogens is 231 g/mol. The normalized spacial score (nSPS) is 12.8. The van der Waals surface area contributed by atoms with Crippen molar-refractivity contribution in [2.24, 2.45) is 0 Å². The van der Waals surface area contributed by atoms with Crippen LogP contribution < -0.4 is 10.1 Å². The lowest BCUT2D eigenvalue weighted by molar-refractivity contribution is 0.309. The van der Waals surface area contributed by atoms with Crippen molar-refractivity contribution >= 4 is 0 Å². The highest BCUT2D eigenvalue weighted by atomic mass is 19.1. The molecule has 0 saturated heterocycles. The van der Waals surface area contributed by atoms with Crippen molar-refractivity contribution in [3.63, 3.8) is 0 Å². The number of benzene rings is 1. The molecule has 0 aromatic heterocycles. The van der Waals surface area contributed by atoms with Gasteiger partial charge in [0, 0.05) is 19.1 Å². The summed E-state index contributed by atoms with van der Waals surface area (Å²) in [6.07, 6.45) is 0. The fourth-order valence-electron chi connectivity index (χ4n) is 1.77. The van der Waals surface area contributed by atoms with Gasteiger partial charge in [-0.05, 0) is 38.2 Å². The zero-order valence-electron chi connectivity index (χ0n) is 11.7. The Morgan fingerprint density at radius 3 is 2.72 bits per heavy atom. The molecule has 4 heteroatoms. The molecule has 1 rings (SSSR count). The molecule has 0 aliphatic rings. The Balaban J connectivity index is 2.46. The van der Waals surface area contributed by atoms with Crippen LogP contribution >= 0.6 is 0 Å². The van der Waals surface area contributed by atoms with Gasteiger partial charge in [-0.3, -0.25) is 0 Å². The van der Waals surface area contributed by atoms with E-state index in [-0.39, 0.29) is 11.6 Å². The topological polar surface area (TPSA) is 24.5 Å². The van der Waals surface area contributed by atoms with E-state index >= 15 is 0 Å². The number of rotatable bonds is 7. The average Bonchev–Trinajstić information content (AvgIpc) is 2.36. The number of ether oxygens (including phenoxy) is 1. The van der Waals surface area contributed by atoms with Crippen molar-refractivity contribution in [1.82, 2.24) is 10.2 Å². The van der Waals surface area contributed by atoms with Gasteiger partial charge in [0.25, 0.3) is 0 Å². The molecule has 18 heavy (non-hydrogen) atoms. The van der Waals surface area contributed by atoms with Gasteiger partial charge < -0.3 is 15.0 Å². The van der Waals surface area contributed by atoms with E-state index in [2.05, 4.69) is 31.1 Å². The molecule has 0 heterocycles. The van der Waals surface area contributed by atoms with Crippen molar-refractivity contribution in [2.75, 3.05) is 27.2 Å². The number of likely N-dealkylation sites (N-methyl/N-ethyl adjacent to an activating group) is 1. The second kappa shape index (κ2) is 7.34. The molecular formula is C14H23FN2O. The Morgan fingerprint density at radius 2 is 2.17 bits per heavy atom. The zero-order chi connectivity index (χ0) is 13.5. The summed E-state index contributed by atoms with van der Waals surface area (Å²) < 4.78 is 18.4. The maximum atomic E-state index is 13.5. The number of nitrogens with one attached hydrogen (secondary N) is 1.